The lowest BCUT2D eigenvalue weighted by atomic mass is 9.70. The predicted octanol–water partition coefficient (Wildman–Crippen LogP) is 4.47. The van der Waals surface area contributed by atoms with E-state index in [2.05, 4.69) is 13.8 Å². The Morgan fingerprint density at radius 3 is 1.81 bits per heavy atom. The minimum absolute atomic E-state index is 0.215. The molecule has 0 aromatic heterocycles. The van der Waals surface area contributed by atoms with Crippen molar-refractivity contribution in [3.05, 3.63) is 0 Å². The van der Waals surface area contributed by atoms with E-state index in [-0.39, 0.29) is 34.8 Å². The van der Waals surface area contributed by atoms with Gasteiger partial charge in [-0.15, -0.1) is 0 Å². The fraction of sp³-hybridized carbons (Fsp3) is 1.00. The van der Waals surface area contributed by atoms with Crippen LogP contribution in [0.25, 0.3) is 0 Å². The van der Waals surface area contributed by atoms with Crippen molar-refractivity contribution in [2.45, 2.75) is 116 Å². The number of rotatable bonds is 5. The number of aliphatic hydroxyl groups excluding tert-OH is 1. The van der Waals surface area contributed by atoms with E-state index in [1.165, 1.54) is 38.5 Å². The van der Waals surface area contributed by atoms with Crippen LogP contribution >= 0.6 is 0 Å². The summed E-state index contributed by atoms with van der Waals surface area (Å²) >= 11 is 0. The van der Waals surface area contributed by atoms with Crippen molar-refractivity contribution in [1.29, 1.82) is 0 Å². The van der Waals surface area contributed by atoms with E-state index in [1.807, 2.05) is 4.31 Å². The first-order valence-corrected chi connectivity index (χ1v) is 13.1. The second kappa shape index (κ2) is 7.28. The van der Waals surface area contributed by atoms with Gasteiger partial charge >= 0.3 is 0 Å². The highest BCUT2D eigenvalue weighted by Gasteiger charge is 2.65. The van der Waals surface area contributed by atoms with Crippen LogP contribution in [0, 0.1) is 16.7 Å². The summed E-state index contributed by atoms with van der Waals surface area (Å²) in [5.41, 5.74) is -0.525. The highest BCUT2D eigenvalue weighted by atomic mass is 32.2. The summed E-state index contributed by atoms with van der Waals surface area (Å²) in [5.74, 6) is 0.595. The van der Waals surface area contributed by atoms with Gasteiger partial charge in [-0.3, -0.25) is 0 Å². The molecular weight excluding hydrogens is 358 g/mol. The summed E-state index contributed by atoms with van der Waals surface area (Å²) < 4.78 is 29.8. The number of sulfonamides is 1. The van der Waals surface area contributed by atoms with Crippen molar-refractivity contribution < 1.29 is 13.5 Å². The van der Waals surface area contributed by atoms with E-state index in [4.69, 9.17) is 0 Å². The van der Waals surface area contributed by atoms with Crippen molar-refractivity contribution in [1.82, 2.24) is 4.31 Å². The van der Waals surface area contributed by atoms with E-state index < -0.39 is 10.0 Å². The summed E-state index contributed by atoms with van der Waals surface area (Å²) in [6.07, 6.45) is 13.8. The minimum atomic E-state index is -3.33. The van der Waals surface area contributed by atoms with Gasteiger partial charge in [0.1, 0.15) is 0 Å². The molecule has 2 bridgehead atoms. The van der Waals surface area contributed by atoms with Gasteiger partial charge in [-0.25, -0.2) is 8.42 Å². The molecule has 0 saturated heterocycles. The molecule has 156 valence electrons. The second-order valence-corrected chi connectivity index (χ2v) is 12.4. The Labute approximate surface area is 166 Å². The Balaban J connectivity index is 1.62. The zero-order chi connectivity index (χ0) is 19.3. The Hall–Kier alpha value is -0.130. The summed E-state index contributed by atoms with van der Waals surface area (Å²) in [5, 5.41) is 10.6. The maximum atomic E-state index is 13.9. The number of aliphatic hydroxyl groups is 1. The molecule has 4 nitrogen and oxygen atoms in total. The molecule has 4 atom stereocenters. The molecule has 0 aromatic rings. The molecular formula is C22H39NO3S. The zero-order valence-electron chi connectivity index (χ0n) is 17.3. The molecule has 0 spiro atoms. The summed E-state index contributed by atoms with van der Waals surface area (Å²) in [4.78, 5) is 0. The van der Waals surface area contributed by atoms with Gasteiger partial charge in [0.05, 0.1) is 11.9 Å². The van der Waals surface area contributed by atoms with Crippen LogP contribution in [0.5, 0.6) is 0 Å². The molecule has 27 heavy (non-hydrogen) atoms. The molecule has 4 fully saturated rings. The van der Waals surface area contributed by atoms with Crippen LogP contribution in [-0.4, -0.2) is 41.8 Å². The van der Waals surface area contributed by atoms with E-state index in [0.29, 0.717) is 5.92 Å². The third-order valence-corrected chi connectivity index (χ3v) is 11.3. The van der Waals surface area contributed by atoms with Gasteiger partial charge in [-0.2, -0.15) is 4.31 Å². The van der Waals surface area contributed by atoms with Crippen LogP contribution in [0.3, 0.4) is 0 Å². The van der Waals surface area contributed by atoms with Gasteiger partial charge in [0.2, 0.25) is 10.0 Å². The molecule has 4 rings (SSSR count). The number of nitrogens with zero attached hydrogens (tertiary/aromatic N) is 1. The summed E-state index contributed by atoms with van der Waals surface area (Å²) in [6, 6.07) is 0.430. The third-order valence-electron chi connectivity index (χ3n) is 9.13. The third kappa shape index (κ3) is 3.30. The highest BCUT2D eigenvalue weighted by Crippen LogP contribution is 2.66. The van der Waals surface area contributed by atoms with Crippen LogP contribution < -0.4 is 0 Å². The molecule has 0 aliphatic heterocycles. The Bertz CT molecular complexity index is 620. The number of hydrogen-bond acceptors (Lipinski definition) is 3. The lowest BCUT2D eigenvalue weighted by Crippen LogP contribution is -2.53. The number of fused-ring (bicyclic) bond motifs is 2. The van der Waals surface area contributed by atoms with Gasteiger partial charge in [-0.05, 0) is 56.3 Å². The average molecular weight is 398 g/mol. The minimum Gasteiger partial charge on any atom is -0.393 e. The first-order valence-electron chi connectivity index (χ1n) is 11.5. The van der Waals surface area contributed by atoms with Crippen molar-refractivity contribution in [3.63, 3.8) is 0 Å². The SMILES string of the molecule is C[C@]12CC[C@H](C[C@H]1O)[C@@]2(C)CS(=O)(=O)N(C1CCCCC1)C1CCCCC1. The standard InChI is InChI=1S/C22H39NO3S/c1-21-14-13-17(15-20(21)24)22(21,2)16-27(25,26)23(18-9-5-3-6-10-18)19-11-7-4-8-12-19/h17-20,24H,3-16H2,1-2H3/t17-,20-,21+,22-/m1/s1. The molecule has 4 aliphatic rings. The quantitative estimate of drug-likeness (QED) is 0.744. The predicted molar refractivity (Wildman–Crippen MR) is 109 cm³/mol. The van der Waals surface area contributed by atoms with Crippen LogP contribution in [-0.2, 0) is 10.0 Å². The second-order valence-electron chi connectivity index (χ2n) is 10.5. The van der Waals surface area contributed by atoms with Crippen molar-refractivity contribution in [3.8, 4) is 0 Å². The Morgan fingerprint density at radius 1 is 0.889 bits per heavy atom. The Kier molecular flexibility index (Phi) is 5.44. The molecule has 0 radical (unpaired) electrons. The lowest BCUT2D eigenvalue weighted by Gasteiger charge is -2.45. The van der Waals surface area contributed by atoms with Gasteiger partial charge in [0.15, 0.2) is 0 Å². The molecule has 4 aliphatic carbocycles. The number of hydrogen-bond donors (Lipinski definition) is 1. The monoisotopic (exact) mass is 397 g/mol. The topological polar surface area (TPSA) is 57.6 Å². The maximum Gasteiger partial charge on any atom is 0.215 e. The van der Waals surface area contributed by atoms with Crippen molar-refractivity contribution in [2.24, 2.45) is 16.7 Å². The van der Waals surface area contributed by atoms with Gasteiger partial charge < -0.3 is 5.11 Å². The maximum absolute atomic E-state index is 13.9. The molecule has 0 aromatic carbocycles. The van der Waals surface area contributed by atoms with Gasteiger partial charge in [0, 0.05) is 17.5 Å². The van der Waals surface area contributed by atoms with Gasteiger partial charge in [0.25, 0.3) is 0 Å². The molecule has 1 N–H and O–H groups in total. The first kappa shape index (κ1) is 20.2. The highest BCUT2D eigenvalue weighted by molar-refractivity contribution is 7.89. The molecule has 0 amide bonds. The van der Waals surface area contributed by atoms with E-state index in [1.54, 1.807) is 0 Å². The smallest absolute Gasteiger partial charge is 0.215 e. The largest absolute Gasteiger partial charge is 0.393 e. The van der Waals surface area contributed by atoms with E-state index in [0.717, 1.165) is 44.9 Å². The van der Waals surface area contributed by atoms with Crippen molar-refractivity contribution >= 4 is 10.0 Å². The van der Waals surface area contributed by atoms with E-state index >= 15 is 0 Å². The van der Waals surface area contributed by atoms with Crippen molar-refractivity contribution in [2.75, 3.05) is 5.75 Å². The zero-order valence-corrected chi connectivity index (χ0v) is 18.1. The Morgan fingerprint density at radius 2 is 1.41 bits per heavy atom. The normalized spacial score (nSPS) is 41.5. The summed E-state index contributed by atoms with van der Waals surface area (Å²) in [7, 11) is -3.33. The van der Waals surface area contributed by atoms with Crippen LogP contribution in [0.1, 0.15) is 97.3 Å². The first-order chi connectivity index (χ1) is 12.8. The fourth-order valence-electron chi connectivity index (χ4n) is 7.16. The van der Waals surface area contributed by atoms with Crippen LogP contribution in [0.4, 0.5) is 0 Å². The summed E-state index contributed by atoms with van der Waals surface area (Å²) in [6.45, 7) is 4.31. The van der Waals surface area contributed by atoms with Gasteiger partial charge in [-0.1, -0.05) is 52.4 Å². The van der Waals surface area contributed by atoms with E-state index in [9.17, 15) is 13.5 Å². The van der Waals surface area contributed by atoms with Crippen LogP contribution in [0.2, 0.25) is 0 Å². The lowest BCUT2D eigenvalue weighted by molar-refractivity contribution is 0.0131. The average Bonchev–Trinajstić information content (AvgIpc) is 2.97. The van der Waals surface area contributed by atoms with Crippen LogP contribution in [0.15, 0.2) is 0 Å². The fourth-order valence-corrected chi connectivity index (χ4v) is 9.96. The molecule has 0 unspecified atom stereocenters. The molecule has 5 heteroatoms. The molecule has 0 heterocycles. The molecule has 4 saturated carbocycles.